The third-order valence-electron chi connectivity index (χ3n) is 10.7. The SMILES string of the molecule is CCCCCC/C=C\C/C=C\CCCCCCCCCC(=O)NC(COP(=O)(O)OCC(O)COC(=O)CCCCCCCCCCCCCCCCCCCC)C(=O)O. The van der Waals surface area contributed by atoms with Crippen LogP contribution in [0.2, 0.25) is 0 Å². The van der Waals surface area contributed by atoms with E-state index < -0.39 is 57.6 Å². The molecule has 0 bridgehead atoms. The van der Waals surface area contributed by atoms with Gasteiger partial charge in [-0.15, -0.1) is 0 Å². The number of carbonyl (C=O) groups excluding carboxylic acids is 2. The van der Waals surface area contributed by atoms with Crippen molar-refractivity contribution in [2.24, 2.45) is 0 Å². The van der Waals surface area contributed by atoms with Gasteiger partial charge in [-0.1, -0.05) is 199 Å². The highest BCUT2D eigenvalue weighted by Gasteiger charge is 2.28. The lowest BCUT2D eigenvalue weighted by molar-refractivity contribution is -0.147. The zero-order valence-electron chi connectivity index (χ0n) is 38.3. The van der Waals surface area contributed by atoms with Crippen LogP contribution in [0, 0.1) is 0 Å². The van der Waals surface area contributed by atoms with Gasteiger partial charge in [-0.3, -0.25) is 18.6 Å². The number of hydrogen-bond acceptors (Lipinski definition) is 8. The van der Waals surface area contributed by atoms with Crippen molar-refractivity contribution in [1.82, 2.24) is 5.32 Å². The molecular formula is C48H90NO10P. The van der Waals surface area contributed by atoms with Gasteiger partial charge in [0.2, 0.25) is 5.91 Å². The molecule has 0 saturated heterocycles. The molecule has 0 fully saturated rings. The van der Waals surface area contributed by atoms with Gasteiger partial charge in [-0.2, -0.15) is 0 Å². The minimum atomic E-state index is -4.76. The molecule has 4 N–H and O–H groups in total. The van der Waals surface area contributed by atoms with Crippen LogP contribution < -0.4 is 5.32 Å². The van der Waals surface area contributed by atoms with Gasteiger partial charge < -0.3 is 25.2 Å². The number of hydrogen-bond donors (Lipinski definition) is 4. The Bertz CT molecular complexity index is 1120. The van der Waals surface area contributed by atoms with Gasteiger partial charge >= 0.3 is 19.8 Å². The second-order valence-electron chi connectivity index (χ2n) is 16.7. The first kappa shape index (κ1) is 58.0. The van der Waals surface area contributed by atoms with Gasteiger partial charge in [0.15, 0.2) is 6.04 Å². The third kappa shape index (κ3) is 42.6. The fraction of sp³-hybridized carbons (Fsp3) is 0.854. The molecule has 3 unspecified atom stereocenters. The summed E-state index contributed by atoms with van der Waals surface area (Å²) in [6, 6.07) is -1.55. The topological polar surface area (TPSA) is 169 Å². The van der Waals surface area contributed by atoms with Crippen LogP contribution in [0.15, 0.2) is 24.3 Å². The average Bonchev–Trinajstić information content (AvgIpc) is 3.22. The summed E-state index contributed by atoms with van der Waals surface area (Å²) in [5, 5.41) is 21.9. The second-order valence-corrected chi connectivity index (χ2v) is 18.1. The van der Waals surface area contributed by atoms with Gasteiger partial charge in [0, 0.05) is 12.8 Å². The van der Waals surface area contributed by atoms with Crippen LogP contribution in [0.5, 0.6) is 0 Å². The molecule has 0 aromatic rings. The normalized spacial score (nSPS) is 13.8. The van der Waals surface area contributed by atoms with Crippen LogP contribution in [0.4, 0.5) is 0 Å². The number of aliphatic hydroxyl groups excluding tert-OH is 1. The van der Waals surface area contributed by atoms with Crippen LogP contribution >= 0.6 is 7.82 Å². The van der Waals surface area contributed by atoms with E-state index in [9.17, 15) is 34.1 Å². The highest BCUT2D eigenvalue weighted by molar-refractivity contribution is 7.47. The van der Waals surface area contributed by atoms with Crippen molar-refractivity contribution < 1.29 is 47.8 Å². The highest BCUT2D eigenvalue weighted by Crippen LogP contribution is 2.43. The number of nitrogens with one attached hydrogen (secondary N) is 1. The first-order chi connectivity index (χ1) is 29.1. The Morgan fingerprint density at radius 3 is 1.37 bits per heavy atom. The first-order valence-corrected chi connectivity index (χ1v) is 25.9. The maximum absolute atomic E-state index is 12.3. The van der Waals surface area contributed by atoms with E-state index in [0.29, 0.717) is 12.8 Å². The number of rotatable bonds is 46. The quantitative estimate of drug-likeness (QED) is 0.0200. The summed E-state index contributed by atoms with van der Waals surface area (Å²) < 4.78 is 26.9. The van der Waals surface area contributed by atoms with Crippen LogP contribution in [-0.2, 0) is 32.7 Å². The number of esters is 1. The molecule has 0 aliphatic rings. The van der Waals surface area contributed by atoms with Crippen molar-refractivity contribution in [2.75, 3.05) is 19.8 Å². The number of carboxylic acids is 1. The number of ether oxygens (including phenoxy) is 1. The monoisotopic (exact) mass is 872 g/mol. The fourth-order valence-corrected chi connectivity index (χ4v) is 7.71. The Hall–Kier alpha value is -2.04. The van der Waals surface area contributed by atoms with E-state index >= 15 is 0 Å². The lowest BCUT2D eigenvalue weighted by Gasteiger charge is -2.18. The highest BCUT2D eigenvalue weighted by atomic mass is 31.2. The zero-order valence-corrected chi connectivity index (χ0v) is 39.2. The Balaban J connectivity index is 3.84. The van der Waals surface area contributed by atoms with Crippen molar-refractivity contribution in [3.05, 3.63) is 24.3 Å². The molecule has 0 aliphatic carbocycles. The number of phosphoric acid groups is 1. The molecule has 3 atom stereocenters. The zero-order chi connectivity index (χ0) is 44.2. The predicted molar refractivity (Wildman–Crippen MR) is 245 cm³/mol. The number of carbonyl (C=O) groups is 3. The van der Waals surface area contributed by atoms with Crippen molar-refractivity contribution in [3.63, 3.8) is 0 Å². The minimum Gasteiger partial charge on any atom is -0.480 e. The predicted octanol–water partition coefficient (Wildman–Crippen LogP) is 13.0. The molecule has 0 radical (unpaired) electrons. The minimum absolute atomic E-state index is 0.138. The van der Waals surface area contributed by atoms with Gasteiger partial charge in [-0.25, -0.2) is 9.36 Å². The fourth-order valence-electron chi connectivity index (χ4n) is 6.94. The van der Waals surface area contributed by atoms with E-state index in [2.05, 4.69) is 43.5 Å². The number of phosphoric ester groups is 1. The van der Waals surface area contributed by atoms with Crippen LogP contribution in [-0.4, -0.2) is 64.9 Å². The summed E-state index contributed by atoms with van der Waals surface area (Å²) in [6.45, 7) is 2.61. The second kappa shape index (κ2) is 43.6. The molecule has 0 spiro atoms. The summed E-state index contributed by atoms with van der Waals surface area (Å²) in [4.78, 5) is 46.0. The Morgan fingerprint density at radius 2 is 0.917 bits per heavy atom. The van der Waals surface area contributed by atoms with Crippen LogP contribution in [0.1, 0.15) is 232 Å². The number of unbranched alkanes of at least 4 members (excludes halogenated alkanes) is 28. The van der Waals surface area contributed by atoms with Gasteiger partial charge in [-0.05, 0) is 44.9 Å². The molecule has 0 aromatic heterocycles. The molecule has 1 amide bonds. The number of aliphatic hydroxyl groups is 1. The van der Waals surface area contributed by atoms with E-state index in [4.69, 9.17) is 13.8 Å². The molecule has 12 heteroatoms. The summed E-state index contributed by atoms with van der Waals surface area (Å²) in [6.07, 6.45) is 46.2. The maximum Gasteiger partial charge on any atom is 0.472 e. The largest absolute Gasteiger partial charge is 0.480 e. The first-order valence-electron chi connectivity index (χ1n) is 24.4. The van der Waals surface area contributed by atoms with Crippen molar-refractivity contribution >= 4 is 25.7 Å². The average molecular weight is 872 g/mol. The summed E-state index contributed by atoms with van der Waals surface area (Å²) >= 11 is 0. The molecule has 60 heavy (non-hydrogen) atoms. The lowest BCUT2D eigenvalue weighted by Crippen LogP contribution is -2.43. The van der Waals surface area contributed by atoms with E-state index in [1.807, 2.05) is 0 Å². The molecule has 352 valence electrons. The van der Waals surface area contributed by atoms with Gasteiger partial charge in [0.1, 0.15) is 12.7 Å². The Morgan fingerprint density at radius 1 is 0.533 bits per heavy atom. The van der Waals surface area contributed by atoms with Gasteiger partial charge in [0.25, 0.3) is 0 Å². The van der Waals surface area contributed by atoms with Crippen LogP contribution in [0.25, 0.3) is 0 Å². The summed E-state index contributed by atoms with van der Waals surface area (Å²) in [5.41, 5.74) is 0. The van der Waals surface area contributed by atoms with E-state index in [1.165, 1.54) is 135 Å². The lowest BCUT2D eigenvalue weighted by atomic mass is 10.0. The molecule has 0 heterocycles. The van der Waals surface area contributed by atoms with E-state index in [0.717, 1.165) is 57.8 Å². The maximum atomic E-state index is 12.3. The van der Waals surface area contributed by atoms with E-state index in [-0.39, 0.29) is 12.8 Å². The summed E-state index contributed by atoms with van der Waals surface area (Å²) in [7, 11) is -4.76. The standard InChI is InChI=1S/C48H90NO10P/c1-3-5-7-9-11-13-15-17-19-21-23-25-27-29-31-33-35-37-39-46(51)49-45(48(53)54)43-59-60(55,56)58-42-44(50)41-57-47(52)40-38-36-34-32-30-28-26-24-22-20-18-16-14-12-10-8-6-4-2/h13,15,19,21,44-45,50H,3-12,14,16-18,20,22-43H2,1-2H3,(H,49,51)(H,53,54)(H,55,56)/b15-13-,21-19-. The number of aliphatic carboxylic acids is 1. The summed E-state index contributed by atoms with van der Waals surface area (Å²) in [5.74, 6) is -2.37. The van der Waals surface area contributed by atoms with Crippen molar-refractivity contribution in [3.8, 4) is 0 Å². The van der Waals surface area contributed by atoms with Gasteiger partial charge in [0.05, 0.1) is 13.2 Å². The number of allylic oxidation sites excluding steroid dienone is 4. The molecule has 0 aromatic carbocycles. The molecule has 11 nitrogen and oxygen atoms in total. The smallest absolute Gasteiger partial charge is 0.472 e. The number of carboxylic acid groups (broad SMARTS) is 1. The number of amides is 1. The van der Waals surface area contributed by atoms with Crippen molar-refractivity contribution in [2.45, 2.75) is 244 Å². The molecule has 0 aliphatic heterocycles. The Kier molecular flexibility index (Phi) is 42.1. The molecule has 0 saturated carbocycles. The molecule has 0 rings (SSSR count). The van der Waals surface area contributed by atoms with Crippen LogP contribution in [0.3, 0.4) is 0 Å². The third-order valence-corrected chi connectivity index (χ3v) is 11.7. The van der Waals surface area contributed by atoms with E-state index in [1.54, 1.807) is 0 Å². The van der Waals surface area contributed by atoms with Crippen molar-refractivity contribution in [1.29, 1.82) is 0 Å². The molecular weight excluding hydrogens is 781 g/mol. The Labute approximate surface area is 366 Å².